The molecule has 8 aliphatic rings. The monoisotopic (exact) mass is 925 g/mol. The first-order valence-electron chi connectivity index (χ1n) is 18.8. The summed E-state index contributed by atoms with van der Waals surface area (Å²) in [6, 6.07) is 0. The summed E-state index contributed by atoms with van der Waals surface area (Å²) in [6.45, 7) is 49.4. The number of allylic oxidation sites excluding steroid dienone is 16. The first-order valence-corrected chi connectivity index (χ1v) is 24.4. The Morgan fingerprint density at radius 2 is 0.460 bits per heavy atom. The molecule has 0 nitrogen and oxygen atoms in total. The van der Waals surface area contributed by atoms with Crippen LogP contribution in [0.2, 0.25) is 0 Å². The van der Waals surface area contributed by atoms with E-state index in [4.69, 9.17) is 0 Å². The minimum atomic E-state index is -0.111. The van der Waals surface area contributed by atoms with Crippen LogP contribution in [0.5, 0.6) is 0 Å². The van der Waals surface area contributed by atoms with Crippen molar-refractivity contribution < 1.29 is 20.1 Å². The molecule has 0 aromatic heterocycles. The van der Waals surface area contributed by atoms with Crippen LogP contribution in [0.3, 0.4) is 0 Å². The zero-order chi connectivity index (χ0) is 35.9. The summed E-state index contributed by atoms with van der Waals surface area (Å²) in [7, 11) is -0.445. The summed E-state index contributed by atoms with van der Waals surface area (Å²) >= 11 is 0. The van der Waals surface area contributed by atoms with Crippen LogP contribution in [0, 0.1) is 21.7 Å². The van der Waals surface area contributed by atoms with Gasteiger partial charge in [-0.1, -0.05) is 107 Å². The maximum absolute atomic E-state index is 2.53. The van der Waals surface area contributed by atoms with E-state index < -0.39 is 0 Å². The Labute approximate surface area is 327 Å². The number of rotatable bonds is 2. The van der Waals surface area contributed by atoms with Crippen LogP contribution in [0.25, 0.3) is 0 Å². The maximum atomic E-state index is 2.53. The van der Waals surface area contributed by atoms with Gasteiger partial charge >= 0.3 is 0 Å². The SMILES string of the molecule is C.CC1=C(C)[C@@]2(C)C(C)=C(C3=C(C)[C@]4(C)C(C)=C(C)[P@@]3C4C)[P@]1C2C.CC1=C(C)[C@]2(C)C(C)=C(C3=C(C)[C@@]4(C)C(C)=C(C)[P@]3C4C)[P@@]1C2C.[Ir]. The third-order valence-electron chi connectivity index (χ3n) is 17.6. The molecule has 0 spiro atoms. The van der Waals surface area contributed by atoms with Gasteiger partial charge in [-0.05, 0) is 180 Å². The molecule has 277 valence electrons. The molecule has 12 atom stereocenters. The van der Waals surface area contributed by atoms with Gasteiger partial charge in [0.05, 0.1) is 0 Å². The topological polar surface area (TPSA) is 0 Å². The first kappa shape index (κ1) is 41.5. The molecule has 4 unspecified atom stereocenters. The normalized spacial score (nSPS) is 45.4. The van der Waals surface area contributed by atoms with E-state index in [9.17, 15) is 0 Å². The quantitative estimate of drug-likeness (QED) is 0.242. The van der Waals surface area contributed by atoms with Crippen molar-refractivity contribution in [3.63, 3.8) is 0 Å². The van der Waals surface area contributed by atoms with Gasteiger partial charge in [-0.25, -0.2) is 0 Å². The summed E-state index contributed by atoms with van der Waals surface area (Å²) in [5, 5.41) is 14.2. The van der Waals surface area contributed by atoms with E-state index >= 15 is 0 Å². The molecular formula is C45H68IrP4. The van der Waals surface area contributed by atoms with Gasteiger partial charge in [0.1, 0.15) is 0 Å². The Morgan fingerprint density at radius 1 is 0.320 bits per heavy atom. The summed E-state index contributed by atoms with van der Waals surface area (Å²) < 4.78 is 0. The van der Waals surface area contributed by atoms with Gasteiger partial charge in [0.15, 0.2) is 0 Å². The van der Waals surface area contributed by atoms with E-state index in [1.807, 2.05) is 21.3 Å². The molecule has 0 N–H and O–H groups in total. The average Bonchev–Trinajstić information content (AvgIpc) is 3.73. The van der Waals surface area contributed by atoms with Gasteiger partial charge in [-0.15, -0.1) is 0 Å². The fraction of sp³-hybridized carbons (Fsp3) is 0.644. The van der Waals surface area contributed by atoms with Gasteiger partial charge in [0, 0.05) is 41.8 Å². The molecule has 1 radical (unpaired) electrons. The molecule has 5 heteroatoms. The largest absolute Gasteiger partial charge is 0.0776 e. The van der Waals surface area contributed by atoms with E-state index in [1.165, 1.54) is 0 Å². The third-order valence-corrected chi connectivity index (χ3v) is 31.5. The van der Waals surface area contributed by atoms with Crippen molar-refractivity contribution in [2.75, 3.05) is 0 Å². The molecule has 0 saturated heterocycles. The van der Waals surface area contributed by atoms with E-state index in [0.717, 1.165) is 22.6 Å². The van der Waals surface area contributed by atoms with Crippen molar-refractivity contribution in [2.45, 2.75) is 169 Å². The summed E-state index contributed by atoms with van der Waals surface area (Å²) in [5.74, 6) is 0. The van der Waals surface area contributed by atoms with Crippen molar-refractivity contribution in [3.05, 3.63) is 87.1 Å². The Balaban J connectivity index is 0.000000187. The summed E-state index contributed by atoms with van der Waals surface area (Å²) in [5.41, 5.74) is 18.1. The average molecular weight is 925 g/mol. The minimum absolute atomic E-state index is 0. The molecule has 8 heterocycles. The number of hydrogen-bond donors (Lipinski definition) is 0. The smallest absolute Gasteiger partial charge is 0.0173 e. The zero-order valence-electron chi connectivity index (χ0n) is 34.4. The summed E-state index contributed by atoms with van der Waals surface area (Å²) in [4.78, 5) is 0. The van der Waals surface area contributed by atoms with Crippen LogP contribution in [-0.4, -0.2) is 22.6 Å². The molecule has 0 aromatic rings. The minimum Gasteiger partial charge on any atom is -0.0776 e. The Bertz CT molecular complexity index is 1620. The predicted octanol–water partition coefficient (Wildman–Crippen LogP) is 16.5. The van der Waals surface area contributed by atoms with E-state index in [1.54, 1.807) is 65.8 Å². The van der Waals surface area contributed by atoms with Crippen molar-refractivity contribution in [1.82, 2.24) is 0 Å². The molecule has 0 fully saturated rings. The van der Waals surface area contributed by atoms with Gasteiger partial charge in [0.25, 0.3) is 0 Å². The Kier molecular flexibility index (Phi) is 10.3. The maximum Gasteiger partial charge on any atom is 0.0173 e. The summed E-state index contributed by atoms with van der Waals surface area (Å²) in [6.07, 6.45) is 0. The predicted molar refractivity (Wildman–Crippen MR) is 229 cm³/mol. The Hall–Kier alpha value is 0.289. The van der Waals surface area contributed by atoms with Crippen molar-refractivity contribution >= 4 is 31.7 Å². The second-order valence-corrected chi connectivity index (χ2v) is 28.3. The fourth-order valence-corrected chi connectivity index (χ4v) is 28.8. The first-order chi connectivity index (χ1) is 22.0. The molecule has 0 aliphatic carbocycles. The third kappa shape index (κ3) is 4.20. The second-order valence-electron chi connectivity index (χ2n) is 17.7. The molecule has 0 amide bonds. The van der Waals surface area contributed by atoms with Gasteiger partial charge in [0.2, 0.25) is 0 Å². The molecular weight excluding hydrogens is 857 g/mol. The van der Waals surface area contributed by atoms with Gasteiger partial charge in [-0.3, -0.25) is 0 Å². The zero-order valence-corrected chi connectivity index (χ0v) is 40.4. The molecule has 8 rings (SSSR count). The van der Waals surface area contributed by atoms with Crippen molar-refractivity contribution in [1.29, 1.82) is 0 Å². The van der Waals surface area contributed by atoms with Crippen LogP contribution in [0.15, 0.2) is 87.1 Å². The number of hydrogen-bond acceptors (Lipinski definition) is 0. The van der Waals surface area contributed by atoms with Gasteiger partial charge in [-0.2, -0.15) is 0 Å². The van der Waals surface area contributed by atoms with Crippen LogP contribution in [0.4, 0.5) is 0 Å². The van der Waals surface area contributed by atoms with Crippen LogP contribution < -0.4 is 0 Å². The van der Waals surface area contributed by atoms with E-state index in [-0.39, 0.29) is 59.2 Å². The van der Waals surface area contributed by atoms with Gasteiger partial charge < -0.3 is 0 Å². The molecule has 8 bridgehead atoms. The van der Waals surface area contributed by atoms with Crippen LogP contribution in [0.1, 0.15) is 146 Å². The molecule has 50 heavy (non-hydrogen) atoms. The van der Waals surface area contributed by atoms with Crippen molar-refractivity contribution in [2.24, 2.45) is 21.7 Å². The molecule has 0 saturated carbocycles. The van der Waals surface area contributed by atoms with Crippen LogP contribution >= 0.6 is 31.7 Å². The number of fused-ring (bicyclic) bond motifs is 8. The fourth-order valence-electron chi connectivity index (χ4n) is 12.4. The molecule has 8 aliphatic heterocycles. The second kappa shape index (κ2) is 12.4. The van der Waals surface area contributed by atoms with Crippen LogP contribution in [-0.2, 0) is 20.1 Å². The standard InChI is InChI=1S/2C22H32P2.CH4.Ir/c2*1-11-15(5)23-17(7)21(11,9)13(3)19(23)20-14(4)22(10)12(2)16(6)24(20)18(22)8;;/h2*17-18H,1-10H3;1H4;/t2*17?,18?,21-,22-,23-,24-;;/m10../s1. The molecule has 0 aromatic carbocycles. The van der Waals surface area contributed by atoms with Crippen molar-refractivity contribution in [3.8, 4) is 0 Å². The van der Waals surface area contributed by atoms with E-state index in [0.29, 0.717) is 21.7 Å². The van der Waals surface area contributed by atoms with E-state index in [2.05, 4.69) is 138 Å². The Morgan fingerprint density at radius 3 is 0.580 bits per heavy atom.